The molecule has 0 spiro atoms. The summed E-state index contributed by atoms with van der Waals surface area (Å²) < 4.78 is 2.03. The van der Waals surface area contributed by atoms with Gasteiger partial charge in [0, 0.05) is 18.7 Å². The first kappa shape index (κ1) is 13.1. The molecule has 1 nitrogen and oxygen atoms in total. The van der Waals surface area contributed by atoms with Gasteiger partial charge in [-0.05, 0) is 42.0 Å². The van der Waals surface area contributed by atoms with E-state index in [0.29, 0.717) is 0 Å². The average Bonchev–Trinajstić information content (AvgIpc) is 2.32. The number of rotatable bonds is 3. The normalized spacial score (nSPS) is 10.5. The van der Waals surface area contributed by atoms with Crippen LogP contribution >= 0.6 is 43.6 Å². The molecule has 0 radical (unpaired) electrons. The highest BCUT2D eigenvalue weighted by Crippen LogP contribution is 2.31. The van der Waals surface area contributed by atoms with Crippen molar-refractivity contribution >= 4 is 43.6 Å². The third-order valence-corrected chi connectivity index (χ3v) is 4.51. The summed E-state index contributed by atoms with van der Waals surface area (Å²) >= 11 is 8.57. The highest BCUT2D eigenvalue weighted by atomic mass is 79.9. The van der Waals surface area contributed by atoms with Gasteiger partial charge in [0.25, 0.3) is 0 Å². The summed E-state index contributed by atoms with van der Waals surface area (Å²) in [5.74, 6) is 0. The van der Waals surface area contributed by atoms with Crippen molar-refractivity contribution in [3.05, 3.63) is 57.0 Å². The summed E-state index contributed by atoms with van der Waals surface area (Å²) in [7, 11) is 0. The lowest BCUT2D eigenvalue weighted by Gasteiger charge is -2.05. The van der Waals surface area contributed by atoms with Crippen molar-refractivity contribution in [3.63, 3.8) is 0 Å². The molecule has 0 aliphatic heterocycles. The molecule has 0 fully saturated rings. The summed E-state index contributed by atoms with van der Waals surface area (Å²) in [4.78, 5) is 2.34. The Balaban J connectivity index is 2.19. The Bertz CT molecular complexity index is 511. The first-order valence-corrected chi connectivity index (χ1v) is 7.42. The molecule has 0 heterocycles. The van der Waals surface area contributed by atoms with E-state index in [1.165, 1.54) is 4.90 Å². The maximum Gasteiger partial charge on any atom is 0.0692 e. The van der Waals surface area contributed by atoms with Crippen LogP contribution in [0.15, 0.2) is 61.2 Å². The minimum absolute atomic E-state index is 0.0593. The summed E-state index contributed by atoms with van der Waals surface area (Å²) in [6.07, 6.45) is 0. The molecule has 0 saturated heterocycles. The number of hydrogen-bond acceptors (Lipinski definition) is 2. The number of halogens is 2. The molecular formula is C13H10Br2OS. The topological polar surface area (TPSA) is 20.2 Å². The van der Waals surface area contributed by atoms with Crippen LogP contribution in [0, 0.1) is 0 Å². The van der Waals surface area contributed by atoms with E-state index in [1.807, 2.05) is 30.3 Å². The summed E-state index contributed by atoms with van der Waals surface area (Å²) in [5.41, 5.74) is 0.908. The van der Waals surface area contributed by atoms with Crippen molar-refractivity contribution in [2.24, 2.45) is 0 Å². The van der Waals surface area contributed by atoms with E-state index in [4.69, 9.17) is 5.11 Å². The van der Waals surface area contributed by atoms with E-state index < -0.39 is 0 Å². The number of aliphatic hydroxyl groups is 1. The standard InChI is InChI=1S/C13H10Br2OS/c14-10-2-5-11(6-3-10)17-12-4-1-9(8-16)13(15)7-12/h1-7,16H,8H2. The lowest BCUT2D eigenvalue weighted by Crippen LogP contribution is -1.85. The van der Waals surface area contributed by atoms with Crippen molar-refractivity contribution in [2.45, 2.75) is 16.4 Å². The first-order chi connectivity index (χ1) is 8.19. The molecule has 0 saturated carbocycles. The van der Waals surface area contributed by atoms with Gasteiger partial charge in [0.15, 0.2) is 0 Å². The second kappa shape index (κ2) is 6.05. The first-order valence-electron chi connectivity index (χ1n) is 5.02. The molecule has 0 aliphatic rings. The molecule has 0 atom stereocenters. The van der Waals surface area contributed by atoms with Crippen LogP contribution in [0.3, 0.4) is 0 Å². The van der Waals surface area contributed by atoms with Gasteiger partial charge in [0.1, 0.15) is 0 Å². The molecule has 2 rings (SSSR count). The van der Waals surface area contributed by atoms with Crippen molar-refractivity contribution in [1.82, 2.24) is 0 Å². The molecule has 0 aliphatic carbocycles. The van der Waals surface area contributed by atoms with Crippen LogP contribution < -0.4 is 0 Å². The van der Waals surface area contributed by atoms with Gasteiger partial charge in [-0.25, -0.2) is 0 Å². The van der Waals surface area contributed by atoms with Crippen LogP contribution in [0.1, 0.15) is 5.56 Å². The van der Waals surface area contributed by atoms with Crippen molar-refractivity contribution in [2.75, 3.05) is 0 Å². The monoisotopic (exact) mass is 372 g/mol. The van der Waals surface area contributed by atoms with Gasteiger partial charge in [-0.15, -0.1) is 0 Å². The molecule has 0 bridgehead atoms. The summed E-state index contributed by atoms with van der Waals surface area (Å²) in [6, 6.07) is 14.2. The third kappa shape index (κ3) is 3.58. The molecule has 88 valence electrons. The van der Waals surface area contributed by atoms with E-state index in [1.54, 1.807) is 11.8 Å². The highest BCUT2D eigenvalue weighted by Gasteiger charge is 2.02. The fraction of sp³-hybridized carbons (Fsp3) is 0.0769. The molecule has 2 aromatic rings. The van der Waals surface area contributed by atoms with E-state index in [9.17, 15) is 0 Å². The number of aliphatic hydroxyl groups excluding tert-OH is 1. The average molecular weight is 374 g/mol. The lowest BCUT2D eigenvalue weighted by molar-refractivity contribution is 0.281. The maximum atomic E-state index is 9.09. The number of hydrogen-bond donors (Lipinski definition) is 1. The third-order valence-electron chi connectivity index (χ3n) is 2.24. The zero-order valence-corrected chi connectivity index (χ0v) is 12.8. The fourth-order valence-electron chi connectivity index (χ4n) is 1.36. The smallest absolute Gasteiger partial charge is 0.0692 e. The van der Waals surface area contributed by atoms with Gasteiger partial charge in [0.2, 0.25) is 0 Å². The SMILES string of the molecule is OCc1ccc(Sc2ccc(Br)cc2)cc1Br. The van der Waals surface area contributed by atoms with Gasteiger partial charge in [0.05, 0.1) is 6.61 Å². The van der Waals surface area contributed by atoms with Crippen LogP contribution in [-0.4, -0.2) is 5.11 Å². The minimum Gasteiger partial charge on any atom is -0.392 e. The predicted molar refractivity (Wildman–Crippen MR) is 78.3 cm³/mol. The largest absolute Gasteiger partial charge is 0.392 e. The molecule has 0 amide bonds. The Kier molecular flexibility index (Phi) is 4.68. The van der Waals surface area contributed by atoms with Gasteiger partial charge < -0.3 is 5.11 Å². The van der Waals surface area contributed by atoms with Crippen molar-refractivity contribution in [3.8, 4) is 0 Å². The molecule has 4 heteroatoms. The minimum atomic E-state index is 0.0593. The Morgan fingerprint density at radius 1 is 0.941 bits per heavy atom. The van der Waals surface area contributed by atoms with Crippen molar-refractivity contribution in [1.29, 1.82) is 0 Å². The van der Waals surface area contributed by atoms with Crippen LogP contribution in [0.2, 0.25) is 0 Å². The van der Waals surface area contributed by atoms with E-state index >= 15 is 0 Å². The quantitative estimate of drug-likeness (QED) is 0.829. The van der Waals surface area contributed by atoms with E-state index in [0.717, 1.165) is 19.4 Å². The second-order valence-corrected chi connectivity index (χ2v) is 6.38. The zero-order valence-electron chi connectivity index (χ0n) is 8.86. The molecule has 0 aromatic heterocycles. The molecule has 0 unspecified atom stereocenters. The maximum absolute atomic E-state index is 9.09. The van der Waals surface area contributed by atoms with Crippen LogP contribution in [0.4, 0.5) is 0 Å². The Morgan fingerprint density at radius 3 is 2.18 bits per heavy atom. The Morgan fingerprint density at radius 2 is 1.59 bits per heavy atom. The highest BCUT2D eigenvalue weighted by molar-refractivity contribution is 9.10. The van der Waals surface area contributed by atoms with E-state index in [-0.39, 0.29) is 6.61 Å². The number of benzene rings is 2. The lowest BCUT2D eigenvalue weighted by atomic mass is 10.2. The van der Waals surface area contributed by atoms with Crippen LogP contribution in [0.5, 0.6) is 0 Å². The molecule has 17 heavy (non-hydrogen) atoms. The fourth-order valence-corrected chi connectivity index (χ4v) is 3.14. The summed E-state index contributed by atoms with van der Waals surface area (Å²) in [5, 5.41) is 9.09. The van der Waals surface area contributed by atoms with Gasteiger partial charge in [-0.2, -0.15) is 0 Å². The Labute approximate surface area is 122 Å². The predicted octanol–water partition coefficient (Wildman–Crippen LogP) is 4.86. The van der Waals surface area contributed by atoms with Crippen LogP contribution in [0.25, 0.3) is 0 Å². The summed E-state index contributed by atoms with van der Waals surface area (Å²) in [6.45, 7) is 0.0593. The zero-order chi connectivity index (χ0) is 12.3. The van der Waals surface area contributed by atoms with Gasteiger partial charge >= 0.3 is 0 Å². The second-order valence-electron chi connectivity index (χ2n) is 3.47. The Hall–Kier alpha value is -0.290. The van der Waals surface area contributed by atoms with Crippen LogP contribution in [-0.2, 0) is 6.61 Å². The molecule has 1 N–H and O–H groups in total. The van der Waals surface area contributed by atoms with Crippen molar-refractivity contribution < 1.29 is 5.11 Å². The van der Waals surface area contributed by atoms with Gasteiger partial charge in [-0.3, -0.25) is 0 Å². The molecule has 2 aromatic carbocycles. The molecular weight excluding hydrogens is 364 g/mol. The van der Waals surface area contributed by atoms with Gasteiger partial charge in [-0.1, -0.05) is 49.7 Å². The van der Waals surface area contributed by atoms with E-state index in [2.05, 4.69) is 44.0 Å².